The second kappa shape index (κ2) is 3.77. The molecule has 0 atom stereocenters. The van der Waals surface area contributed by atoms with Gasteiger partial charge in [-0.3, -0.25) is 0 Å². The van der Waals surface area contributed by atoms with Crippen LogP contribution in [0, 0.1) is 5.82 Å². The van der Waals surface area contributed by atoms with Gasteiger partial charge in [0.2, 0.25) is 0 Å². The van der Waals surface area contributed by atoms with Crippen LogP contribution in [0.15, 0.2) is 12.1 Å². The average Bonchev–Trinajstić information content (AvgIpc) is 2.01. The third-order valence-corrected chi connectivity index (χ3v) is 2.16. The van der Waals surface area contributed by atoms with Crippen molar-refractivity contribution in [3.05, 3.63) is 29.1 Å². The van der Waals surface area contributed by atoms with Crippen molar-refractivity contribution < 1.29 is 9.50 Å². The van der Waals surface area contributed by atoms with E-state index < -0.39 is 0 Å². The van der Waals surface area contributed by atoms with Crippen LogP contribution in [0.3, 0.4) is 0 Å². The van der Waals surface area contributed by atoms with E-state index in [1.54, 1.807) is 6.07 Å². The SMILES string of the molecule is CCc1cc(O)cc(F)c1C(C)C. The van der Waals surface area contributed by atoms with Gasteiger partial charge in [0.25, 0.3) is 0 Å². The van der Waals surface area contributed by atoms with Gasteiger partial charge in [-0.2, -0.15) is 0 Å². The fourth-order valence-electron chi connectivity index (χ4n) is 1.60. The zero-order chi connectivity index (χ0) is 10.0. The van der Waals surface area contributed by atoms with E-state index in [4.69, 9.17) is 0 Å². The first-order chi connectivity index (χ1) is 6.06. The minimum Gasteiger partial charge on any atom is -0.508 e. The molecule has 1 aromatic carbocycles. The van der Waals surface area contributed by atoms with Crippen LogP contribution in [0.25, 0.3) is 0 Å². The number of halogens is 1. The van der Waals surface area contributed by atoms with Crippen molar-refractivity contribution in [3.8, 4) is 5.75 Å². The summed E-state index contributed by atoms with van der Waals surface area (Å²) >= 11 is 0. The molecule has 0 aliphatic carbocycles. The Labute approximate surface area is 78.2 Å². The Bertz CT molecular complexity index is 305. The van der Waals surface area contributed by atoms with E-state index in [1.807, 2.05) is 20.8 Å². The fraction of sp³-hybridized carbons (Fsp3) is 0.455. The van der Waals surface area contributed by atoms with Crippen LogP contribution in [-0.2, 0) is 6.42 Å². The second-order valence-corrected chi connectivity index (χ2v) is 3.51. The smallest absolute Gasteiger partial charge is 0.130 e. The van der Waals surface area contributed by atoms with Crippen molar-refractivity contribution in [2.45, 2.75) is 33.1 Å². The van der Waals surface area contributed by atoms with E-state index in [9.17, 15) is 9.50 Å². The monoisotopic (exact) mass is 182 g/mol. The molecule has 13 heavy (non-hydrogen) atoms. The molecule has 0 radical (unpaired) electrons. The summed E-state index contributed by atoms with van der Waals surface area (Å²) in [6.45, 7) is 5.86. The van der Waals surface area contributed by atoms with E-state index >= 15 is 0 Å². The van der Waals surface area contributed by atoms with Crippen LogP contribution in [-0.4, -0.2) is 5.11 Å². The molecule has 1 aromatic rings. The van der Waals surface area contributed by atoms with Crippen LogP contribution in [0.4, 0.5) is 4.39 Å². The zero-order valence-electron chi connectivity index (χ0n) is 8.26. The van der Waals surface area contributed by atoms with Crippen LogP contribution in [0.5, 0.6) is 5.75 Å². The van der Waals surface area contributed by atoms with E-state index in [1.165, 1.54) is 6.07 Å². The maximum Gasteiger partial charge on any atom is 0.130 e. The van der Waals surface area contributed by atoms with Crippen molar-refractivity contribution in [3.63, 3.8) is 0 Å². The van der Waals surface area contributed by atoms with E-state index in [0.717, 1.165) is 17.5 Å². The number of aromatic hydroxyl groups is 1. The van der Waals surface area contributed by atoms with Gasteiger partial charge >= 0.3 is 0 Å². The predicted octanol–water partition coefficient (Wildman–Crippen LogP) is 3.22. The molecule has 0 unspecified atom stereocenters. The second-order valence-electron chi connectivity index (χ2n) is 3.51. The van der Waals surface area contributed by atoms with Gasteiger partial charge in [-0.05, 0) is 29.5 Å². The van der Waals surface area contributed by atoms with Crippen LogP contribution in [0.1, 0.15) is 37.8 Å². The Morgan fingerprint density at radius 1 is 1.38 bits per heavy atom. The fourth-order valence-corrected chi connectivity index (χ4v) is 1.60. The molecule has 2 heteroatoms. The summed E-state index contributed by atoms with van der Waals surface area (Å²) in [5.41, 5.74) is 1.62. The summed E-state index contributed by atoms with van der Waals surface area (Å²) in [7, 11) is 0. The number of aryl methyl sites for hydroxylation is 1. The summed E-state index contributed by atoms with van der Waals surface area (Å²) in [6.07, 6.45) is 0.749. The topological polar surface area (TPSA) is 20.2 Å². The maximum absolute atomic E-state index is 13.4. The number of phenols is 1. The minimum atomic E-state index is -0.299. The number of hydrogen-bond acceptors (Lipinski definition) is 1. The van der Waals surface area contributed by atoms with E-state index in [0.29, 0.717) is 0 Å². The molecule has 0 spiro atoms. The lowest BCUT2D eigenvalue weighted by Crippen LogP contribution is -1.99. The third kappa shape index (κ3) is 2.00. The highest BCUT2D eigenvalue weighted by Gasteiger charge is 2.12. The standard InChI is InChI=1S/C11H15FO/c1-4-8-5-9(13)6-10(12)11(8)7(2)3/h5-7,13H,4H2,1-3H3. The van der Waals surface area contributed by atoms with Gasteiger partial charge in [0.15, 0.2) is 0 Å². The maximum atomic E-state index is 13.4. The molecule has 0 aromatic heterocycles. The molecule has 0 saturated heterocycles. The van der Waals surface area contributed by atoms with Crippen molar-refractivity contribution >= 4 is 0 Å². The van der Waals surface area contributed by atoms with E-state index in [-0.39, 0.29) is 17.5 Å². The first-order valence-electron chi connectivity index (χ1n) is 4.57. The first-order valence-corrected chi connectivity index (χ1v) is 4.57. The minimum absolute atomic E-state index is 0.0127. The van der Waals surface area contributed by atoms with Gasteiger partial charge in [0.1, 0.15) is 11.6 Å². The quantitative estimate of drug-likeness (QED) is 0.744. The van der Waals surface area contributed by atoms with Gasteiger partial charge in [0.05, 0.1) is 0 Å². The highest BCUT2D eigenvalue weighted by atomic mass is 19.1. The van der Waals surface area contributed by atoms with Crippen molar-refractivity contribution in [1.29, 1.82) is 0 Å². The summed E-state index contributed by atoms with van der Waals surface area (Å²) in [6, 6.07) is 2.81. The normalized spacial score (nSPS) is 10.8. The molecule has 1 nitrogen and oxygen atoms in total. The number of rotatable bonds is 2. The molecule has 1 rings (SSSR count). The summed E-state index contributed by atoms with van der Waals surface area (Å²) in [4.78, 5) is 0. The van der Waals surface area contributed by atoms with Gasteiger partial charge in [-0.1, -0.05) is 20.8 Å². The Kier molecular flexibility index (Phi) is 2.91. The molecule has 0 amide bonds. The van der Waals surface area contributed by atoms with Crippen molar-refractivity contribution in [2.75, 3.05) is 0 Å². The number of benzene rings is 1. The van der Waals surface area contributed by atoms with Crippen LogP contribution < -0.4 is 0 Å². The molecule has 1 N–H and O–H groups in total. The van der Waals surface area contributed by atoms with Crippen molar-refractivity contribution in [1.82, 2.24) is 0 Å². The average molecular weight is 182 g/mol. The Morgan fingerprint density at radius 3 is 2.46 bits per heavy atom. The molecular formula is C11H15FO. The zero-order valence-corrected chi connectivity index (χ0v) is 8.26. The number of phenolic OH excluding ortho intramolecular Hbond substituents is 1. The van der Waals surface area contributed by atoms with Gasteiger partial charge in [-0.15, -0.1) is 0 Å². The Hall–Kier alpha value is -1.05. The van der Waals surface area contributed by atoms with Gasteiger partial charge in [0, 0.05) is 6.07 Å². The highest BCUT2D eigenvalue weighted by molar-refractivity contribution is 5.37. The summed E-state index contributed by atoms with van der Waals surface area (Å²) < 4.78 is 13.4. The number of hydrogen-bond donors (Lipinski definition) is 1. The first kappa shape index (κ1) is 10.0. The molecule has 0 bridgehead atoms. The summed E-state index contributed by atoms with van der Waals surface area (Å²) in [5.74, 6) is -0.124. The lowest BCUT2D eigenvalue weighted by molar-refractivity contribution is 0.465. The Balaban J connectivity index is 3.30. The molecular weight excluding hydrogens is 167 g/mol. The molecule has 0 saturated carbocycles. The molecule has 0 aliphatic rings. The van der Waals surface area contributed by atoms with Crippen LogP contribution in [0.2, 0.25) is 0 Å². The van der Waals surface area contributed by atoms with Gasteiger partial charge in [-0.25, -0.2) is 4.39 Å². The largest absolute Gasteiger partial charge is 0.508 e. The predicted molar refractivity (Wildman–Crippen MR) is 51.5 cm³/mol. The van der Waals surface area contributed by atoms with Crippen LogP contribution >= 0.6 is 0 Å². The molecule has 72 valence electrons. The lowest BCUT2D eigenvalue weighted by Gasteiger charge is -2.12. The summed E-state index contributed by atoms with van der Waals surface area (Å²) in [5, 5.41) is 9.19. The van der Waals surface area contributed by atoms with Crippen molar-refractivity contribution in [2.24, 2.45) is 0 Å². The molecule has 0 aliphatic heterocycles. The Morgan fingerprint density at radius 2 is 2.00 bits per heavy atom. The molecule has 0 fully saturated rings. The highest BCUT2D eigenvalue weighted by Crippen LogP contribution is 2.27. The molecule has 0 heterocycles. The third-order valence-electron chi connectivity index (χ3n) is 2.16. The lowest BCUT2D eigenvalue weighted by atomic mass is 9.95. The van der Waals surface area contributed by atoms with E-state index in [2.05, 4.69) is 0 Å². The van der Waals surface area contributed by atoms with Gasteiger partial charge < -0.3 is 5.11 Å².